The molecule has 0 fully saturated rings. The average Bonchev–Trinajstić information content (AvgIpc) is 2.17. The Hall–Kier alpha value is -1.02. The van der Waals surface area contributed by atoms with Gasteiger partial charge in [0.15, 0.2) is 0 Å². The van der Waals surface area contributed by atoms with Gasteiger partial charge < -0.3 is 10.4 Å². The van der Waals surface area contributed by atoms with E-state index < -0.39 is 0 Å². The summed E-state index contributed by atoms with van der Waals surface area (Å²) in [7, 11) is 0. The molecule has 78 valence electrons. The topological polar surface area (TPSA) is 32.3 Å². The van der Waals surface area contributed by atoms with E-state index in [1.165, 1.54) is 6.42 Å². The Labute approximate surface area is 86.0 Å². The van der Waals surface area contributed by atoms with Crippen LogP contribution in [0.4, 0.5) is 0 Å². The maximum atomic E-state index is 9.24. The molecule has 0 aliphatic rings. The van der Waals surface area contributed by atoms with Crippen LogP contribution >= 0.6 is 0 Å². The van der Waals surface area contributed by atoms with Crippen LogP contribution in [0.5, 0.6) is 5.75 Å². The minimum absolute atomic E-state index is 0.341. The Morgan fingerprint density at radius 2 is 2.21 bits per heavy atom. The Balaban J connectivity index is 2.31. The summed E-state index contributed by atoms with van der Waals surface area (Å²) in [6.07, 6.45) is 1.20. The largest absolute Gasteiger partial charge is 0.508 e. The van der Waals surface area contributed by atoms with E-state index in [1.807, 2.05) is 12.1 Å². The minimum Gasteiger partial charge on any atom is -0.508 e. The van der Waals surface area contributed by atoms with Crippen LogP contribution in [0.3, 0.4) is 0 Å². The number of nitrogens with one attached hydrogen (secondary N) is 1. The molecule has 0 radical (unpaired) electrons. The molecule has 2 nitrogen and oxygen atoms in total. The predicted molar refractivity (Wildman–Crippen MR) is 59.3 cm³/mol. The van der Waals surface area contributed by atoms with Crippen molar-refractivity contribution in [3.05, 3.63) is 29.8 Å². The fraction of sp³-hybridized carbons (Fsp3) is 0.500. The number of hydrogen-bond acceptors (Lipinski definition) is 2. The van der Waals surface area contributed by atoms with E-state index in [9.17, 15) is 5.11 Å². The SMILES string of the molecule is CCC(C)CNCc1cccc(O)c1. The number of benzene rings is 1. The highest BCUT2D eigenvalue weighted by atomic mass is 16.3. The van der Waals surface area contributed by atoms with E-state index in [4.69, 9.17) is 0 Å². The summed E-state index contributed by atoms with van der Waals surface area (Å²) in [5.41, 5.74) is 1.13. The van der Waals surface area contributed by atoms with Crippen LogP contribution < -0.4 is 5.32 Å². The Kier molecular flexibility index (Phi) is 4.47. The van der Waals surface area contributed by atoms with Gasteiger partial charge in [-0.2, -0.15) is 0 Å². The molecule has 0 aliphatic heterocycles. The van der Waals surface area contributed by atoms with Crippen LogP contribution in [0.25, 0.3) is 0 Å². The number of phenols is 1. The smallest absolute Gasteiger partial charge is 0.115 e. The number of phenolic OH excluding ortho intramolecular Hbond substituents is 1. The first-order valence-electron chi connectivity index (χ1n) is 5.21. The maximum absolute atomic E-state index is 9.24. The summed E-state index contributed by atoms with van der Waals surface area (Å²) in [4.78, 5) is 0. The van der Waals surface area contributed by atoms with Crippen molar-refractivity contribution >= 4 is 0 Å². The third kappa shape index (κ3) is 3.79. The molecule has 1 unspecified atom stereocenters. The van der Waals surface area contributed by atoms with Crippen LogP contribution in [-0.2, 0) is 6.54 Å². The molecule has 1 rings (SSSR count). The van der Waals surface area contributed by atoms with Crippen molar-refractivity contribution in [2.45, 2.75) is 26.8 Å². The standard InChI is InChI=1S/C12H19NO/c1-3-10(2)8-13-9-11-5-4-6-12(14)7-11/h4-7,10,13-14H,3,8-9H2,1-2H3. The zero-order valence-electron chi connectivity index (χ0n) is 8.96. The first-order valence-corrected chi connectivity index (χ1v) is 5.21. The maximum Gasteiger partial charge on any atom is 0.115 e. The molecule has 1 atom stereocenters. The second kappa shape index (κ2) is 5.66. The van der Waals surface area contributed by atoms with Gasteiger partial charge in [-0.15, -0.1) is 0 Å². The van der Waals surface area contributed by atoms with E-state index >= 15 is 0 Å². The van der Waals surface area contributed by atoms with Gasteiger partial charge in [-0.1, -0.05) is 32.4 Å². The van der Waals surface area contributed by atoms with Crippen LogP contribution in [0.2, 0.25) is 0 Å². The van der Waals surface area contributed by atoms with Gasteiger partial charge in [0.1, 0.15) is 5.75 Å². The van der Waals surface area contributed by atoms with E-state index in [0.717, 1.165) is 18.7 Å². The Bertz CT molecular complexity index is 273. The van der Waals surface area contributed by atoms with Crippen molar-refractivity contribution in [3.63, 3.8) is 0 Å². The van der Waals surface area contributed by atoms with Gasteiger partial charge in [0.05, 0.1) is 0 Å². The molecule has 1 aromatic carbocycles. The average molecular weight is 193 g/mol. The molecule has 0 saturated heterocycles. The normalized spacial score (nSPS) is 12.7. The molecule has 0 heterocycles. The van der Waals surface area contributed by atoms with Gasteiger partial charge in [-0.3, -0.25) is 0 Å². The Morgan fingerprint density at radius 3 is 2.86 bits per heavy atom. The van der Waals surface area contributed by atoms with Crippen molar-refractivity contribution in [3.8, 4) is 5.75 Å². The van der Waals surface area contributed by atoms with E-state index in [1.54, 1.807) is 12.1 Å². The summed E-state index contributed by atoms with van der Waals surface area (Å²) in [5, 5.41) is 12.6. The van der Waals surface area contributed by atoms with Gasteiger partial charge in [0.25, 0.3) is 0 Å². The van der Waals surface area contributed by atoms with Gasteiger partial charge >= 0.3 is 0 Å². The number of rotatable bonds is 5. The summed E-state index contributed by atoms with van der Waals surface area (Å²) >= 11 is 0. The molecule has 14 heavy (non-hydrogen) atoms. The molecule has 0 amide bonds. The molecule has 2 N–H and O–H groups in total. The summed E-state index contributed by atoms with van der Waals surface area (Å²) in [5.74, 6) is 1.06. The third-order valence-electron chi connectivity index (χ3n) is 2.43. The highest BCUT2D eigenvalue weighted by molar-refractivity contribution is 5.26. The van der Waals surface area contributed by atoms with E-state index in [0.29, 0.717) is 11.7 Å². The highest BCUT2D eigenvalue weighted by Gasteiger charge is 1.98. The number of aromatic hydroxyl groups is 1. The van der Waals surface area contributed by atoms with Crippen molar-refractivity contribution in [2.75, 3.05) is 6.54 Å². The molecule has 0 saturated carbocycles. The summed E-state index contributed by atoms with van der Waals surface area (Å²) in [6.45, 7) is 6.29. The van der Waals surface area contributed by atoms with Crippen molar-refractivity contribution in [1.29, 1.82) is 0 Å². The van der Waals surface area contributed by atoms with Gasteiger partial charge in [-0.05, 0) is 30.2 Å². The molecule has 0 aliphatic carbocycles. The van der Waals surface area contributed by atoms with Crippen molar-refractivity contribution < 1.29 is 5.11 Å². The molecule has 1 aromatic rings. The molecule has 0 spiro atoms. The monoisotopic (exact) mass is 193 g/mol. The van der Waals surface area contributed by atoms with E-state index in [-0.39, 0.29) is 0 Å². The molecule has 0 bridgehead atoms. The quantitative estimate of drug-likeness (QED) is 0.753. The third-order valence-corrected chi connectivity index (χ3v) is 2.43. The lowest BCUT2D eigenvalue weighted by Crippen LogP contribution is -2.20. The van der Waals surface area contributed by atoms with Gasteiger partial charge in [0, 0.05) is 6.54 Å². The zero-order chi connectivity index (χ0) is 10.4. The lowest BCUT2D eigenvalue weighted by atomic mass is 10.1. The zero-order valence-corrected chi connectivity index (χ0v) is 8.96. The summed E-state index contributed by atoms with van der Waals surface area (Å²) in [6, 6.07) is 7.38. The highest BCUT2D eigenvalue weighted by Crippen LogP contribution is 2.10. The predicted octanol–water partition coefficient (Wildman–Crippen LogP) is 2.53. The fourth-order valence-corrected chi connectivity index (χ4v) is 1.27. The summed E-state index contributed by atoms with van der Waals surface area (Å²) < 4.78 is 0. The first kappa shape index (κ1) is 11.1. The van der Waals surface area contributed by atoms with Crippen LogP contribution in [-0.4, -0.2) is 11.7 Å². The molecule has 2 heteroatoms. The lowest BCUT2D eigenvalue weighted by molar-refractivity contribution is 0.472. The molecular formula is C12H19NO. The van der Waals surface area contributed by atoms with Gasteiger partial charge in [0.2, 0.25) is 0 Å². The minimum atomic E-state index is 0.341. The first-order chi connectivity index (χ1) is 6.72. The molecule has 0 aromatic heterocycles. The second-order valence-electron chi connectivity index (χ2n) is 3.81. The van der Waals surface area contributed by atoms with Crippen LogP contribution in [0.1, 0.15) is 25.8 Å². The van der Waals surface area contributed by atoms with Crippen LogP contribution in [0.15, 0.2) is 24.3 Å². The second-order valence-corrected chi connectivity index (χ2v) is 3.81. The van der Waals surface area contributed by atoms with Crippen molar-refractivity contribution in [1.82, 2.24) is 5.32 Å². The lowest BCUT2D eigenvalue weighted by Gasteiger charge is -2.09. The van der Waals surface area contributed by atoms with Crippen LogP contribution in [0, 0.1) is 5.92 Å². The van der Waals surface area contributed by atoms with Crippen molar-refractivity contribution in [2.24, 2.45) is 5.92 Å². The number of hydrogen-bond donors (Lipinski definition) is 2. The molecular weight excluding hydrogens is 174 g/mol. The Morgan fingerprint density at radius 1 is 1.43 bits per heavy atom. The van der Waals surface area contributed by atoms with Gasteiger partial charge in [-0.25, -0.2) is 0 Å². The fourth-order valence-electron chi connectivity index (χ4n) is 1.27. The van der Waals surface area contributed by atoms with E-state index in [2.05, 4.69) is 19.2 Å².